The molecule has 1 aliphatic carbocycles. The minimum absolute atomic E-state index is 0.0347. The summed E-state index contributed by atoms with van der Waals surface area (Å²) in [6.07, 6.45) is 2.84. The summed E-state index contributed by atoms with van der Waals surface area (Å²) in [4.78, 5) is 24.5. The van der Waals surface area contributed by atoms with Gasteiger partial charge in [0.2, 0.25) is 5.12 Å². The van der Waals surface area contributed by atoms with Crippen molar-refractivity contribution in [3.8, 4) is 0 Å². The van der Waals surface area contributed by atoms with Crippen molar-refractivity contribution in [1.82, 2.24) is 0 Å². The highest BCUT2D eigenvalue weighted by Gasteiger charge is 2.64. The number of fused-ring (bicyclic) bond motifs is 1. The van der Waals surface area contributed by atoms with Crippen molar-refractivity contribution >= 4 is 22.8 Å². The Balaban J connectivity index is 2.43. The van der Waals surface area contributed by atoms with Crippen molar-refractivity contribution in [2.24, 2.45) is 17.8 Å². The van der Waals surface area contributed by atoms with E-state index in [1.54, 1.807) is 26.8 Å². The van der Waals surface area contributed by atoms with E-state index in [-0.39, 0.29) is 28.1 Å². The average Bonchev–Trinajstić information content (AvgIpc) is 2.88. The fourth-order valence-electron chi connectivity index (χ4n) is 4.02. The van der Waals surface area contributed by atoms with Crippen molar-refractivity contribution < 1.29 is 19.4 Å². The second-order valence-corrected chi connectivity index (χ2v) is 8.08. The van der Waals surface area contributed by atoms with Gasteiger partial charge in [0.15, 0.2) is 0 Å². The largest absolute Gasteiger partial charge is 0.455 e. The molecule has 0 amide bonds. The maximum absolute atomic E-state index is 12.3. The van der Waals surface area contributed by atoms with Crippen molar-refractivity contribution in [2.45, 2.75) is 58.5 Å². The summed E-state index contributed by atoms with van der Waals surface area (Å²) >= 11 is 1.20. The van der Waals surface area contributed by atoms with Gasteiger partial charge in [0.05, 0.1) is 5.25 Å². The van der Waals surface area contributed by atoms with Crippen molar-refractivity contribution in [2.75, 3.05) is 0 Å². The fourth-order valence-corrected chi connectivity index (χ4v) is 5.58. The fraction of sp³-hybridized carbons (Fsp3) is 0.667. The van der Waals surface area contributed by atoms with Crippen LogP contribution in [0, 0.1) is 17.8 Å². The molecule has 1 saturated heterocycles. The van der Waals surface area contributed by atoms with Gasteiger partial charge in [-0.25, -0.2) is 4.79 Å². The lowest BCUT2D eigenvalue weighted by Crippen LogP contribution is -2.47. The van der Waals surface area contributed by atoms with Gasteiger partial charge in [-0.05, 0) is 33.6 Å². The van der Waals surface area contributed by atoms with Crippen LogP contribution in [0.1, 0.15) is 41.5 Å². The molecule has 5 heteroatoms. The Morgan fingerprint density at radius 2 is 2.00 bits per heavy atom. The Labute approximate surface area is 142 Å². The molecule has 128 valence electrons. The topological polar surface area (TPSA) is 63.6 Å². The Bertz CT molecular complexity index is 574. The van der Waals surface area contributed by atoms with Crippen LogP contribution in [-0.4, -0.2) is 33.1 Å². The van der Waals surface area contributed by atoms with E-state index in [4.69, 9.17) is 4.74 Å². The number of aliphatic hydroxyl groups is 1. The predicted octanol–water partition coefficient (Wildman–Crippen LogP) is 3.11. The number of allylic oxidation sites excluding steroid dienone is 2. The molecule has 5 atom stereocenters. The maximum atomic E-state index is 12.3. The second kappa shape index (κ2) is 6.44. The van der Waals surface area contributed by atoms with E-state index in [1.807, 2.05) is 26.8 Å². The Kier molecular flexibility index (Phi) is 5.12. The zero-order valence-electron chi connectivity index (χ0n) is 14.6. The normalized spacial score (nSPS) is 39.2. The van der Waals surface area contributed by atoms with E-state index in [0.29, 0.717) is 5.57 Å². The quantitative estimate of drug-likeness (QED) is 0.633. The van der Waals surface area contributed by atoms with Crippen LogP contribution >= 0.6 is 11.8 Å². The first kappa shape index (κ1) is 18.3. The number of hydrogen-bond donors (Lipinski definition) is 1. The van der Waals surface area contributed by atoms with Gasteiger partial charge in [-0.3, -0.25) is 4.79 Å². The molecule has 1 saturated carbocycles. The molecule has 4 nitrogen and oxygen atoms in total. The lowest BCUT2D eigenvalue weighted by molar-refractivity contribution is -0.159. The molecule has 2 fully saturated rings. The number of rotatable bonds is 3. The minimum Gasteiger partial charge on any atom is -0.455 e. The molecule has 0 spiro atoms. The molecular weight excluding hydrogens is 312 g/mol. The summed E-state index contributed by atoms with van der Waals surface area (Å²) < 4.78 is 5.66. The van der Waals surface area contributed by atoms with Crippen molar-refractivity contribution in [3.63, 3.8) is 0 Å². The third kappa shape index (κ3) is 2.89. The van der Waals surface area contributed by atoms with Crippen molar-refractivity contribution in [1.29, 1.82) is 0 Å². The van der Waals surface area contributed by atoms with Gasteiger partial charge in [-0.15, -0.1) is 0 Å². The van der Waals surface area contributed by atoms with Gasteiger partial charge in [0.1, 0.15) is 11.7 Å². The van der Waals surface area contributed by atoms with E-state index in [0.717, 1.165) is 5.57 Å². The van der Waals surface area contributed by atoms with Crippen LogP contribution in [0.4, 0.5) is 0 Å². The van der Waals surface area contributed by atoms with Gasteiger partial charge in [-0.1, -0.05) is 37.8 Å². The third-order valence-corrected chi connectivity index (χ3v) is 6.41. The standard InChI is InChI=1S/C18H26O4S/c1-7-10(5)16(19)22-15-14-12(11(8-2)17(20)23-14)13(9(3)4)18(15,6)21/h7-9,12-15,21H,1-6H3/b10-7+,11-8+/t12-,13+,14+,15+,18-/m1/s1. The Morgan fingerprint density at radius 1 is 1.39 bits per heavy atom. The summed E-state index contributed by atoms with van der Waals surface area (Å²) in [5.74, 6) is -0.453. The first-order valence-electron chi connectivity index (χ1n) is 8.10. The SMILES string of the molecule is C/C=C(\C)C(=O)O[C@H]1[C@H]2SC(=O)/C(=C/C)[C@@H]2[C@H](C(C)C)[C@@]1(C)O. The number of esters is 1. The van der Waals surface area contributed by atoms with Gasteiger partial charge >= 0.3 is 5.97 Å². The molecule has 23 heavy (non-hydrogen) atoms. The molecule has 0 aromatic rings. The lowest BCUT2D eigenvalue weighted by atomic mass is 9.76. The van der Waals surface area contributed by atoms with Crippen LogP contribution in [0.15, 0.2) is 23.3 Å². The monoisotopic (exact) mass is 338 g/mol. The van der Waals surface area contributed by atoms with E-state index < -0.39 is 17.7 Å². The van der Waals surface area contributed by atoms with Gasteiger partial charge in [-0.2, -0.15) is 0 Å². The molecule has 1 heterocycles. The van der Waals surface area contributed by atoms with Gasteiger partial charge in [0.25, 0.3) is 0 Å². The van der Waals surface area contributed by atoms with Crippen LogP contribution in [0.25, 0.3) is 0 Å². The van der Waals surface area contributed by atoms with Crippen LogP contribution < -0.4 is 0 Å². The molecule has 0 aromatic carbocycles. The van der Waals surface area contributed by atoms with E-state index >= 15 is 0 Å². The molecule has 0 bridgehead atoms. The smallest absolute Gasteiger partial charge is 0.333 e. The van der Waals surface area contributed by atoms with Crippen LogP contribution in [0.5, 0.6) is 0 Å². The van der Waals surface area contributed by atoms with Crippen LogP contribution in [0.2, 0.25) is 0 Å². The Hall–Kier alpha value is -1.07. The number of hydrogen-bond acceptors (Lipinski definition) is 5. The average molecular weight is 338 g/mol. The summed E-state index contributed by atoms with van der Waals surface area (Å²) in [6.45, 7) is 11.1. The molecule has 1 N–H and O–H groups in total. The zero-order chi connectivity index (χ0) is 17.5. The highest BCUT2D eigenvalue weighted by Crippen LogP contribution is 2.57. The molecule has 2 aliphatic rings. The van der Waals surface area contributed by atoms with Crippen LogP contribution in [0.3, 0.4) is 0 Å². The number of ether oxygens (including phenoxy) is 1. The first-order chi connectivity index (χ1) is 10.7. The van der Waals surface area contributed by atoms with E-state index in [1.165, 1.54) is 11.8 Å². The number of carbonyl (C=O) groups is 2. The molecule has 0 aromatic heterocycles. The molecular formula is C18H26O4S. The molecule has 1 aliphatic heterocycles. The highest BCUT2D eigenvalue weighted by molar-refractivity contribution is 8.15. The number of thioether (sulfide) groups is 1. The van der Waals surface area contributed by atoms with E-state index in [2.05, 4.69) is 0 Å². The highest BCUT2D eigenvalue weighted by atomic mass is 32.2. The molecule has 2 rings (SSSR count). The summed E-state index contributed by atoms with van der Waals surface area (Å²) in [7, 11) is 0. The molecule has 0 radical (unpaired) electrons. The lowest BCUT2D eigenvalue weighted by Gasteiger charge is -2.35. The number of carbonyl (C=O) groups excluding carboxylic acids is 2. The van der Waals surface area contributed by atoms with Gasteiger partial charge < -0.3 is 9.84 Å². The predicted molar refractivity (Wildman–Crippen MR) is 91.9 cm³/mol. The first-order valence-corrected chi connectivity index (χ1v) is 8.98. The van der Waals surface area contributed by atoms with E-state index in [9.17, 15) is 14.7 Å². The third-order valence-electron chi connectivity index (χ3n) is 5.15. The summed E-state index contributed by atoms with van der Waals surface area (Å²) in [5.41, 5.74) is 0.0981. The molecule has 0 unspecified atom stereocenters. The maximum Gasteiger partial charge on any atom is 0.333 e. The second-order valence-electron chi connectivity index (χ2n) is 6.93. The van der Waals surface area contributed by atoms with Crippen LogP contribution in [-0.2, 0) is 14.3 Å². The summed E-state index contributed by atoms with van der Waals surface area (Å²) in [6, 6.07) is 0. The zero-order valence-corrected chi connectivity index (χ0v) is 15.4. The minimum atomic E-state index is -1.16. The summed E-state index contributed by atoms with van der Waals surface area (Å²) in [5, 5.41) is 11.0. The van der Waals surface area contributed by atoms with Crippen molar-refractivity contribution in [3.05, 3.63) is 23.3 Å². The Morgan fingerprint density at radius 3 is 2.48 bits per heavy atom. The van der Waals surface area contributed by atoms with Gasteiger partial charge in [0, 0.05) is 23.0 Å².